The zero-order valence-electron chi connectivity index (χ0n) is 14.4. The monoisotopic (exact) mass is 366 g/mol. The van der Waals surface area contributed by atoms with Crippen molar-refractivity contribution in [1.82, 2.24) is 10.2 Å². The molecule has 1 aliphatic heterocycles. The van der Waals surface area contributed by atoms with Crippen molar-refractivity contribution in [3.05, 3.63) is 24.3 Å². The van der Waals surface area contributed by atoms with Crippen molar-refractivity contribution in [3.63, 3.8) is 0 Å². The molecule has 1 unspecified atom stereocenters. The van der Waals surface area contributed by atoms with Crippen LogP contribution in [0.25, 0.3) is 0 Å². The molecule has 1 saturated heterocycles. The molecule has 3 rings (SSSR count). The van der Waals surface area contributed by atoms with E-state index in [1.165, 1.54) is 12.8 Å². The summed E-state index contributed by atoms with van der Waals surface area (Å²) in [6.07, 6.45) is 6.16. The molecule has 0 aromatic heterocycles. The molecule has 0 radical (unpaired) electrons. The van der Waals surface area contributed by atoms with E-state index in [-0.39, 0.29) is 30.3 Å². The highest BCUT2D eigenvalue weighted by Crippen LogP contribution is 2.23. The van der Waals surface area contributed by atoms with E-state index in [1.54, 1.807) is 17.0 Å². The molecule has 25 heavy (non-hydrogen) atoms. The van der Waals surface area contributed by atoms with Crippen LogP contribution in [0, 0.1) is 5.92 Å². The van der Waals surface area contributed by atoms with Gasteiger partial charge in [-0.15, -0.1) is 12.4 Å². The molecule has 0 spiro atoms. The summed E-state index contributed by atoms with van der Waals surface area (Å²) in [6, 6.07) is 7.50. The SMILES string of the molecule is Cl.Nc1ccccc1NC(=O)C1CCCN(C(=O)NC2CCCC2)C1. The van der Waals surface area contributed by atoms with Gasteiger partial charge in [0.05, 0.1) is 17.3 Å². The van der Waals surface area contributed by atoms with Gasteiger partial charge >= 0.3 is 6.03 Å². The fourth-order valence-corrected chi connectivity index (χ4v) is 3.56. The largest absolute Gasteiger partial charge is 0.397 e. The number of rotatable bonds is 3. The van der Waals surface area contributed by atoms with E-state index >= 15 is 0 Å². The number of nitrogens with one attached hydrogen (secondary N) is 2. The van der Waals surface area contributed by atoms with Crippen molar-refractivity contribution in [2.75, 3.05) is 24.1 Å². The third kappa shape index (κ3) is 5.01. The van der Waals surface area contributed by atoms with Gasteiger partial charge in [0.25, 0.3) is 0 Å². The maximum absolute atomic E-state index is 12.5. The minimum absolute atomic E-state index is 0. The number of carbonyl (C=O) groups excluding carboxylic acids is 2. The molecule has 1 aromatic rings. The van der Waals surface area contributed by atoms with E-state index in [0.717, 1.165) is 32.2 Å². The predicted octanol–water partition coefficient (Wildman–Crippen LogP) is 2.99. The van der Waals surface area contributed by atoms with Gasteiger partial charge in [0.15, 0.2) is 0 Å². The Morgan fingerprint density at radius 2 is 1.80 bits per heavy atom. The quantitative estimate of drug-likeness (QED) is 0.718. The maximum atomic E-state index is 12.5. The number of anilines is 2. The highest BCUT2D eigenvalue weighted by Gasteiger charge is 2.30. The maximum Gasteiger partial charge on any atom is 0.317 e. The van der Waals surface area contributed by atoms with Crippen LogP contribution in [0.1, 0.15) is 38.5 Å². The third-order valence-corrected chi connectivity index (χ3v) is 4.98. The molecule has 0 bridgehead atoms. The summed E-state index contributed by atoms with van der Waals surface area (Å²) in [4.78, 5) is 26.7. The molecule has 3 amide bonds. The smallest absolute Gasteiger partial charge is 0.317 e. The highest BCUT2D eigenvalue weighted by atomic mass is 35.5. The Kier molecular flexibility index (Phi) is 6.93. The second kappa shape index (κ2) is 8.94. The summed E-state index contributed by atoms with van der Waals surface area (Å²) in [5.74, 6) is -0.251. The van der Waals surface area contributed by atoms with Gasteiger partial charge in [0.1, 0.15) is 0 Å². The van der Waals surface area contributed by atoms with Gasteiger partial charge in [-0.1, -0.05) is 25.0 Å². The second-order valence-electron chi connectivity index (χ2n) is 6.79. The Labute approximate surface area is 154 Å². The first kappa shape index (κ1) is 19.4. The minimum atomic E-state index is -0.187. The van der Waals surface area contributed by atoms with Crippen LogP contribution in [0.3, 0.4) is 0 Å². The first-order chi connectivity index (χ1) is 11.6. The van der Waals surface area contributed by atoms with Crippen LogP contribution in [0.5, 0.6) is 0 Å². The number of piperidine rings is 1. The van der Waals surface area contributed by atoms with E-state index in [4.69, 9.17) is 5.73 Å². The summed E-state index contributed by atoms with van der Waals surface area (Å²) in [6.45, 7) is 1.19. The normalized spacial score (nSPS) is 20.6. The number of nitrogen functional groups attached to an aromatic ring is 1. The average molecular weight is 367 g/mol. The summed E-state index contributed by atoms with van der Waals surface area (Å²) < 4.78 is 0. The van der Waals surface area contributed by atoms with Crippen molar-refractivity contribution in [2.45, 2.75) is 44.6 Å². The third-order valence-electron chi connectivity index (χ3n) is 4.98. The topological polar surface area (TPSA) is 87.5 Å². The van der Waals surface area contributed by atoms with Crippen LogP contribution in [0.2, 0.25) is 0 Å². The van der Waals surface area contributed by atoms with Gasteiger partial charge < -0.3 is 21.3 Å². The van der Waals surface area contributed by atoms with Crippen molar-refractivity contribution < 1.29 is 9.59 Å². The molecule has 1 aromatic carbocycles. The van der Waals surface area contributed by atoms with E-state index in [2.05, 4.69) is 10.6 Å². The minimum Gasteiger partial charge on any atom is -0.397 e. The van der Waals surface area contributed by atoms with Crippen LogP contribution in [-0.2, 0) is 4.79 Å². The molecule has 1 heterocycles. The number of urea groups is 1. The standard InChI is InChI=1S/C18H26N4O2.ClH/c19-15-9-3-4-10-16(15)21-17(23)13-6-5-11-22(12-13)18(24)20-14-7-1-2-8-14;/h3-4,9-10,13-14H,1-2,5-8,11-12,19H2,(H,20,24)(H,21,23);1H. The molecule has 1 aliphatic carbocycles. The number of carbonyl (C=O) groups is 2. The van der Waals surface area contributed by atoms with Gasteiger partial charge in [-0.2, -0.15) is 0 Å². The van der Waals surface area contributed by atoms with Gasteiger partial charge in [-0.3, -0.25) is 4.79 Å². The number of benzene rings is 1. The lowest BCUT2D eigenvalue weighted by molar-refractivity contribution is -0.121. The Morgan fingerprint density at radius 1 is 1.08 bits per heavy atom. The lowest BCUT2D eigenvalue weighted by Gasteiger charge is -2.33. The number of amides is 3. The number of para-hydroxylation sites is 2. The van der Waals surface area contributed by atoms with Crippen LogP contribution >= 0.6 is 12.4 Å². The zero-order valence-corrected chi connectivity index (χ0v) is 15.2. The molecule has 7 heteroatoms. The fraction of sp³-hybridized carbons (Fsp3) is 0.556. The molecule has 4 N–H and O–H groups in total. The number of hydrogen-bond acceptors (Lipinski definition) is 3. The summed E-state index contributed by atoms with van der Waals surface area (Å²) in [5.41, 5.74) is 7.06. The van der Waals surface area contributed by atoms with Crippen molar-refractivity contribution in [1.29, 1.82) is 0 Å². The first-order valence-corrected chi connectivity index (χ1v) is 8.84. The Hall–Kier alpha value is -1.95. The Bertz CT molecular complexity index is 604. The number of nitrogens with zero attached hydrogens (tertiary/aromatic N) is 1. The highest BCUT2D eigenvalue weighted by molar-refractivity contribution is 5.95. The van der Waals surface area contributed by atoms with Crippen LogP contribution in [-0.4, -0.2) is 36.0 Å². The number of likely N-dealkylation sites (tertiary alicyclic amines) is 1. The molecular formula is C18H27ClN4O2. The Balaban J connectivity index is 0.00000225. The Morgan fingerprint density at radius 3 is 2.52 bits per heavy atom. The van der Waals surface area contributed by atoms with Crippen LogP contribution in [0.4, 0.5) is 16.2 Å². The molecule has 2 fully saturated rings. The number of halogens is 1. The van der Waals surface area contributed by atoms with Gasteiger partial charge in [0.2, 0.25) is 5.91 Å². The molecule has 138 valence electrons. The summed E-state index contributed by atoms with van der Waals surface area (Å²) in [5, 5.41) is 5.99. The second-order valence-corrected chi connectivity index (χ2v) is 6.79. The summed E-state index contributed by atoms with van der Waals surface area (Å²) >= 11 is 0. The fourth-order valence-electron chi connectivity index (χ4n) is 3.56. The molecule has 1 saturated carbocycles. The van der Waals surface area contributed by atoms with E-state index < -0.39 is 0 Å². The molecule has 2 aliphatic rings. The van der Waals surface area contributed by atoms with Crippen LogP contribution < -0.4 is 16.4 Å². The molecule has 1 atom stereocenters. The van der Waals surface area contributed by atoms with Gasteiger partial charge in [0, 0.05) is 19.1 Å². The van der Waals surface area contributed by atoms with Gasteiger partial charge in [-0.05, 0) is 37.8 Å². The van der Waals surface area contributed by atoms with Crippen molar-refractivity contribution >= 4 is 35.7 Å². The molecular weight excluding hydrogens is 340 g/mol. The molecule has 6 nitrogen and oxygen atoms in total. The van der Waals surface area contributed by atoms with E-state index in [9.17, 15) is 9.59 Å². The number of hydrogen-bond donors (Lipinski definition) is 3. The average Bonchev–Trinajstić information content (AvgIpc) is 3.10. The predicted molar refractivity (Wildman–Crippen MR) is 102 cm³/mol. The number of nitrogens with two attached hydrogens (primary N) is 1. The van der Waals surface area contributed by atoms with Crippen molar-refractivity contribution in [2.24, 2.45) is 5.92 Å². The first-order valence-electron chi connectivity index (χ1n) is 8.84. The zero-order chi connectivity index (χ0) is 16.9. The van der Waals surface area contributed by atoms with Crippen LogP contribution in [0.15, 0.2) is 24.3 Å². The van der Waals surface area contributed by atoms with Gasteiger partial charge in [-0.25, -0.2) is 4.79 Å². The van der Waals surface area contributed by atoms with E-state index in [1.807, 2.05) is 12.1 Å². The van der Waals surface area contributed by atoms with E-state index in [0.29, 0.717) is 24.0 Å². The lowest BCUT2D eigenvalue weighted by atomic mass is 9.97. The lowest BCUT2D eigenvalue weighted by Crippen LogP contribution is -2.49. The van der Waals surface area contributed by atoms with Crippen molar-refractivity contribution in [3.8, 4) is 0 Å². The summed E-state index contributed by atoms with van der Waals surface area (Å²) in [7, 11) is 0.